The summed E-state index contributed by atoms with van der Waals surface area (Å²) in [6.45, 7) is 0. The lowest BCUT2D eigenvalue weighted by Gasteiger charge is -2.18. The van der Waals surface area contributed by atoms with Gasteiger partial charge in [-0.3, -0.25) is 14.6 Å². The van der Waals surface area contributed by atoms with Crippen molar-refractivity contribution in [2.45, 2.75) is 12.5 Å². The van der Waals surface area contributed by atoms with Crippen molar-refractivity contribution in [2.75, 3.05) is 0 Å². The summed E-state index contributed by atoms with van der Waals surface area (Å²) < 4.78 is 1.39. The molecule has 3 aromatic heterocycles. The van der Waals surface area contributed by atoms with Gasteiger partial charge in [0, 0.05) is 36.8 Å². The van der Waals surface area contributed by atoms with Crippen molar-refractivity contribution in [1.29, 1.82) is 0 Å². The monoisotopic (exact) mass is 339 g/mol. The number of carbonyl (C=O) groups is 1. The van der Waals surface area contributed by atoms with Crippen LogP contribution in [-0.4, -0.2) is 15.5 Å². The maximum absolute atomic E-state index is 12.6. The van der Waals surface area contributed by atoms with E-state index in [2.05, 4.69) is 10.3 Å². The molecule has 0 saturated heterocycles. The Labute approximate surface area is 143 Å². The third-order valence-corrected chi connectivity index (χ3v) is 4.58. The Morgan fingerprint density at radius 2 is 2.12 bits per heavy atom. The van der Waals surface area contributed by atoms with Crippen LogP contribution in [0.4, 0.5) is 0 Å². The first-order chi connectivity index (χ1) is 11.6. The number of hydrogen-bond acceptors (Lipinski definition) is 4. The minimum Gasteiger partial charge on any atom is -0.343 e. The highest BCUT2D eigenvalue weighted by atomic mass is 32.1. The zero-order chi connectivity index (χ0) is 16.9. The number of pyridine rings is 2. The van der Waals surface area contributed by atoms with Gasteiger partial charge in [0.15, 0.2) is 0 Å². The fourth-order valence-electron chi connectivity index (χ4n) is 2.41. The van der Waals surface area contributed by atoms with E-state index in [0.29, 0.717) is 12.0 Å². The molecule has 0 spiro atoms. The Hall–Kier alpha value is -2.73. The minimum atomic E-state index is -0.227. The number of rotatable bonds is 5. The van der Waals surface area contributed by atoms with Crippen molar-refractivity contribution in [3.63, 3.8) is 0 Å². The van der Waals surface area contributed by atoms with Crippen molar-refractivity contribution in [3.05, 3.63) is 86.7 Å². The lowest BCUT2D eigenvalue weighted by molar-refractivity contribution is 0.0935. The van der Waals surface area contributed by atoms with Gasteiger partial charge in [-0.2, -0.15) is 0 Å². The summed E-state index contributed by atoms with van der Waals surface area (Å²) in [5.74, 6) is -0.224. The largest absolute Gasteiger partial charge is 0.343 e. The van der Waals surface area contributed by atoms with Gasteiger partial charge in [-0.25, -0.2) is 0 Å². The van der Waals surface area contributed by atoms with Gasteiger partial charge >= 0.3 is 0 Å². The summed E-state index contributed by atoms with van der Waals surface area (Å²) in [4.78, 5) is 29.6. The summed E-state index contributed by atoms with van der Waals surface area (Å²) in [7, 11) is 1.63. The minimum absolute atomic E-state index is 0.147. The number of carbonyl (C=O) groups excluding carboxylic acids is 1. The van der Waals surface area contributed by atoms with Gasteiger partial charge in [0.2, 0.25) is 5.56 Å². The van der Waals surface area contributed by atoms with Crippen molar-refractivity contribution < 1.29 is 4.79 Å². The number of hydrogen-bond donors (Lipinski definition) is 1. The molecule has 6 heteroatoms. The molecule has 0 saturated carbocycles. The molecule has 0 aliphatic heterocycles. The maximum atomic E-state index is 12.6. The summed E-state index contributed by atoms with van der Waals surface area (Å²) >= 11 is 1.65. The second-order valence-electron chi connectivity index (χ2n) is 5.43. The highest BCUT2D eigenvalue weighted by Gasteiger charge is 2.18. The first kappa shape index (κ1) is 16.1. The third kappa shape index (κ3) is 3.78. The van der Waals surface area contributed by atoms with Crippen LogP contribution < -0.4 is 10.9 Å². The normalized spacial score (nSPS) is 11.9. The van der Waals surface area contributed by atoms with Crippen molar-refractivity contribution in [1.82, 2.24) is 14.9 Å². The van der Waals surface area contributed by atoms with Crippen LogP contribution in [0, 0.1) is 0 Å². The lowest BCUT2D eigenvalue weighted by atomic mass is 10.1. The van der Waals surface area contributed by atoms with Crippen LogP contribution in [0.5, 0.6) is 0 Å². The predicted molar refractivity (Wildman–Crippen MR) is 94.2 cm³/mol. The van der Waals surface area contributed by atoms with Gasteiger partial charge in [-0.1, -0.05) is 12.1 Å². The van der Waals surface area contributed by atoms with E-state index < -0.39 is 0 Å². The molecule has 0 radical (unpaired) electrons. The van der Waals surface area contributed by atoms with Gasteiger partial charge in [0.05, 0.1) is 17.3 Å². The molecule has 1 N–H and O–H groups in total. The molecule has 1 amide bonds. The molecule has 3 rings (SSSR count). The standard InChI is InChI=1S/C18H17N3O2S/c1-21-12-13(7-8-17(21)22)18(23)20-16(11-14-5-4-10-24-14)15-6-2-3-9-19-15/h2-10,12,16H,11H2,1H3,(H,20,23)/t16-/m1/s1. The number of thiophene rings is 1. The molecule has 3 aromatic rings. The summed E-state index contributed by atoms with van der Waals surface area (Å²) in [6, 6.07) is 12.4. The van der Waals surface area contributed by atoms with E-state index in [1.807, 2.05) is 35.7 Å². The average molecular weight is 339 g/mol. The fraction of sp³-hybridized carbons (Fsp3) is 0.167. The molecule has 0 bridgehead atoms. The molecule has 1 atom stereocenters. The zero-order valence-electron chi connectivity index (χ0n) is 13.2. The van der Waals surface area contributed by atoms with Crippen LogP contribution in [0.15, 0.2) is 65.0 Å². The van der Waals surface area contributed by atoms with E-state index in [0.717, 1.165) is 5.69 Å². The molecule has 0 aromatic carbocycles. The maximum Gasteiger partial charge on any atom is 0.253 e. The smallest absolute Gasteiger partial charge is 0.253 e. The molecular weight excluding hydrogens is 322 g/mol. The van der Waals surface area contributed by atoms with Crippen LogP contribution in [0.25, 0.3) is 0 Å². The number of aromatic nitrogens is 2. The fourth-order valence-corrected chi connectivity index (χ4v) is 3.16. The van der Waals surface area contributed by atoms with E-state index >= 15 is 0 Å². The topological polar surface area (TPSA) is 64.0 Å². The SMILES string of the molecule is Cn1cc(C(=O)N[C@H](Cc2cccs2)c2ccccn2)ccc1=O. The molecule has 0 aliphatic carbocycles. The molecule has 0 unspecified atom stereocenters. The van der Waals surface area contributed by atoms with E-state index in [4.69, 9.17) is 0 Å². The zero-order valence-corrected chi connectivity index (χ0v) is 14.0. The number of aryl methyl sites for hydroxylation is 1. The first-order valence-corrected chi connectivity index (χ1v) is 8.42. The second-order valence-corrected chi connectivity index (χ2v) is 6.46. The van der Waals surface area contributed by atoms with Crippen LogP contribution in [0.3, 0.4) is 0 Å². The van der Waals surface area contributed by atoms with E-state index in [1.54, 1.807) is 24.6 Å². The molecule has 24 heavy (non-hydrogen) atoms. The Morgan fingerprint density at radius 1 is 1.25 bits per heavy atom. The Kier molecular flexibility index (Phi) is 4.86. The van der Waals surface area contributed by atoms with Gasteiger partial charge in [0.1, 0.15) is 0 Å². The lowest BCUT2D eigenvalue weighted by Crippen LogP contribution is -2.31. The summed E-state index contributed by atoms with van der Waals surface area (Å²) in [5, 5.41) is 5.04. The third-order valence-electron chi connectivity index (χ3n) is 3.68. The molecule has 0 fully saturated rings. The molecule has 5 nitrogen and oxygen atoms in total. The van der Waals surface area contributed by atoms with Crippen molar-refractivity contribution >= 4 is 17.2 Å². The van der Waals surface area contributed by atoms with Gasteiger partial charge < -0.3 is 9.88 Å². The van der Waals surface area contributed by atoms with Crippen molar-refractivity contribution in [2.24, 2.45) is 7.05 Å². The number of nitrogens with one attached hydrogen (secondary N) is 1. The molecular formula is C18H17N3O2S. The molecule has 0 aliphatic rings. The summed E-state index contributed by atoms with van der Waals surface area (Å²) in [6.07, 6.45) is 3.93. The summed E-state index contributed by atoms with van der Waals surface area (Å²) in [5.41, 5.74) is 1.11. The van der Waals surface area contributed by atoms with Crippen molar-refractivity contribution in [3.8, 4) is 0 Å². The highest BCUT2D eigenvalue weighted by molar-refractivity contribution is 7.09. The molecule has 122 valence electrons. The van der Waals surface area contributed by atoms with Crippen LogP contribution in [-0.2, 0) is 13.5 Å². The van der Waals surface area contributed by atoms with Crippen LogP contribution in [0.2, 0.25) is 0 Å². The van der Waals surface area contributed by atoms with Gasteiger partial charge in [0.25, 0.3) is 5.91 Å². The second kappa shape index (κ2) is 7.23. The Balaban J connectivity index is 1.84. The predicted octanol–water partition coefficient (Wildman–Crippen LogP) is 2.56. The van der Waals surface area contributed by atoms with Crippen LogP contribution >= 0.6 is 11.3 Å². The Morgan fingerprint density at radius 3 is 2.79 bits per heavy atom. The highest BCUT2D eigenvalue weighted by Crippen LogP contribution is 2.20. The van der Waals surface area contributed by atoms with E-state index in [-0.39, 0.29) is 17.5 Å². The quantitative estimate of drug-likeness (QED) is 0.777. The van der Waals surface area contributed by atoms with E-state index in [1.165, 1.54) is 27.8 Å². The number of amides is 1. The molecule has 3 heterocycles. The van der Waals surface area contributed by atoms with Gasteiger partial charge in [-0.05, 0) is 29.6 Å². The first-order valence-electron chi connectivity index (χ1n) is 7.54. The van der Waals surface area contributed by atoms with Crippen LogP contribution in [0.1, 0.15) is 27.0 Å². The van der Waals surface area contributed by atoms with E-state index in [9.17, 15) is 9.59 Å². The average Bonchev–Trinajstić information content (AvgIpc) is 3.10. The Bertz CT molecular complexity index is 873. The van der Waals surface area contributed by atoms with Gasteiger partial charge in [-0.15, -0.1) is 11.3 Å². The number of nitrogens with zero attached hydrogens (tertiary/aromatic N) is 2.